The summed E-state index contributed by atoms with van der Waals surface area (Å²) in [7, 11) is 0. The molecule has 2 aliphatic heterocycles. The van der Waals surface area contributed by atoms with Gasteiger partial charge in [-0.2, -0.15) is 0 Å². The Bertz CT molecular complexity index is 275. The molecule has 2 N–H and O–H groups in total. The second kappa shape index (κ2) is 6.55. The number of likely N-dealkylation sites (tertiary alicyclic amines) is 2. The molecule has 0 aromatic heterocycles. The average molecular weight is 265 g/mol. The topological polar surface area (TPSA) is 32.5 Å². The lowest BCUT2D eigenvalue weighted by Gasteiger charge is -2.38. The van der Waals surface area contributed by atoms with Gasteiger partial charge < -0.3 is 5.73 Å². The molecule has 2 saturated heterocycles. The number of nitrogens with two attached hydrogens (primary N) is 1. The summed E-state index contributed by atoms with van der Waals surface area (Å²) in [6, 6.07) is 1.65. The summed E-state index contributed by atoms with van der Waals surface area (Å²) in [4.78, 5) is 5.56. The lowest BCUT2D eigenvalue weighted by molar-refractivity contribution is 0.110. The molecular formula is C16H31N3. The van der Waals surface area contributed by atoms with Crippen LogP contribution in [0.25, 0.3) is 0 Å². The number of hydrogen-bond donors (Lipinski definition) is 1. The van der Waals surface area contributed by atoms with Crippen molar-refractivity contribution >= 4 is 0 Å². The van der Waals surface area contributed by atoms with Gasteiger partial charge in [-0.05, 0) is 57.7 Å². The fourth-order valence-electron chi connectivity index (χ4n) is 4.59. The van der Waals surface area contributed by atoms with Crippen LogP contribution in [-0.2, 0) is 0 Å². The molecule has 3 aliphatic rings. The molecule has 0 spiro atoms. The van der Waals surface area contributed by atoms with Crippen molar-refractivity contribution in [3.05, 3.63) is 0 Å². The van der Waals surface area contributed by atoms with Crippen LogP contribution in [0.5, 0.6) is 0 Å². The predicted octanol–water partition coefficient (Wildman–Crippen LogP) is 2.06. The van der Waals surface area contributed by atoms with Gasteiger partial charge in [-0.3, -0.25) is 9.80 Å². The molecule has 0 aromatic rings. The number of piperidine rings is 1. The summed E-state index contributed by atoms with van der Waals surface area (Å²) in [5.74, 6) is 0.772. The molecule has 0 aromatic carbocycles. The molecule has 1 saturated carbocycles. The molecule has 3 atom stereocenters. The SMILES string of the molecule is NCC1CCCCC1N1CCC(N2CCCCC2)C1. The molecule has 3 unspecified atom stereocenters. The van der Waals surface area contributed by atoms with E-state index >= 15 is 0 Å². The Balaban J connectivity index is 1.55. The fourth-order valence-corrected chi connectivity index (χ4v) is 4.59. The first-order valence-electron chi connectivity index (χ1n) is 8.56. The van der Waals surface area contributed by atoms with E-state index < -0.39 is 0 Å². The maximum absolute atomic E-state index is 6.00. The van der Waals surface area contributed by atoms with Crippen LogP contribution < -0.4 is 5.73 Å². The molecule has 3 fully saturated rings. The highest BCUT2D eigenvalue weighted by atomic mass is 15.3. The third-order valence-corrected chi connectivity index (χ3v) is 5.74. The molecule has 3 nitrogen and oxygen atoms in total. The molecule has 2 heterocycles. The monoisotopic (exact) mass is 265 g/mol. The van der Waals surface area contributed by atoms with E-state index in [1.54, 1.807) is 0 Å². The Labute approximate surface area is 118 Å². The van der Waals surface area contributed by atoms with Crippen LogP contribution in [0, 0.1) is 5.92 Å². The maximum atomic E-state index is 6.00. The van der Waals surface area contributed by atoms with Gasteiger partial charge in [0.05, 0.1) is 0 Å². The van der Waals surface area contributed by atoms with Crippen LogP contribution in [0.1, 0.15) is 51.4 Å². The van der Waals surface area contributed by atoms with Crippen LogP contribution in [-0.4, -0.2) is 54.6 Å². The van der Waals surface area contributed by atoms with Crippen molar-refractivity contribution in [1.29, 1.82) is 0 Å². The van der Waals surface area contributed by atoms with Gasteiger partial charge in [0.1, 0.15) is 0 Å². The van der Waals surface area contributed by atoms with Gasteiger partial charge in [0.25, 0.3) is 0 Å². The standard InChI is InChI=1S/C16H31N3/c17-12-14-6-2-3-7-16(14)19-11-8-15(13-19)18-9-4-1-5-10-18/h14-16H,1-13,17H2. The van der Waals surface area contributed by atoms with Crippen molar-refractivity contribution in [2.24, 2.45) is 11.7 Å². The van der Waals surface area contributed by atoms with Crippen molar-refractivity contribution in [3.8, 4) is 0 Å². The summed E-state index contributed by atoms with van der Waals surface area (Å²) in [6.07, 6.45) is 11.3. The fraction of sp³-hybridized carbons (Fsp3) is 1.00. The number of hydrogen-bond acceptors (Lipinski definition) is 3. The van der Waals surface area contributed by atoms with E-state index in [9.17, 15) is 0 Å². The van der Waals surface area contributed by atoms with E-state index in [2.05, 4.69) is 9.80 Å². The minimum absolute atomic E-state index is 0.772. The first kappa shape index (κ1) is 13.8. The lowest BCUT2D eigenvalue weighted by Crippen LogP contribution is -2.46. The minimum Gasteiger partial charge on any atom is -0.330 e. The quantitative estimate of drug-likeness (QED) is 0.848. The highest BCUT2D eigenvalue weighted by Gasteiger charge is 2.35. The van der Waals surface area contributed by atoms with E-state index in [4.69, 9.17) is 5.73 Å². The second-order valence-corrected chi connectivity index (χ2v) is 6.88. The van der Waals surface area contributed by atoms with Crippen molar-refractivity contribution in [3.63, 3.8) is 0 Å². The third-order valence-electron chi connectivity index (χ3n) is 5.74. The van der Waals surface area contributed by atoms with Gasteiger partial charge in [-0.15, -0.1) is 0 Å². The minimum atomic E-state index is 0.772. The van der Waals surface area contributed by atoms with Gasteiger partial charge in [-0.25, -0.2) is 0 Å². The zero-order valence-corrected chi connectivity index (χ0v) is 12.4. The van der Waals surface area contributed by atoms with Gasteiger partial charge >= 0.3 is 0 Å². The Morgan fingerprint density at radius 3 is 2.37 bits per heavy atom. The van der Waals surface area contributed by atoms with Crippen molar-refractivity contribution < 1.29 is 0 Å². The zero-order valence-electron chi connectivity index (χ0n) is 12.4. The Morgan fingerprint density at radius 2 is 1.58 bits per heavy atom. The zero-order chi connectivity index (χ0) is 13.1. The number of rotatable bonds is 3. The summed E-state index contributed by atoms with van der Waals surface area (Å²) in [5.41, 5.74) is 6.00. The van der Waals surface area contributed by atoms with Crippen molar-refractivity contribution in [2.75, 3.05) is 32.7 Å². The molecule has 110 valence electrons. The summed E-state index contributed by atoms with van der Waals surface area (Å²) in [5, 5.41) is 0. The first-order chi connectivity index (χ1) is 9.38. The van der Waals surface area contributed by atoms with Crippen LogP contribution in [0.2, 0.25) is 0 Å². The van der Waals surface area contributed by atoms with Gasteiger partial charge in [0, 0.05) is 25.2 Å². The Morgan fingerprint density at radius 1 is 0.789 bits per heavy atom. The maximum Gasteiger partial charge on any atom is 0.0235 e. The highest BCUT2D eigenvalue weighted by molar-refractivity contribution is 4.92. The first-order valence-corrected chi connectivity index (χ1v) is 8.56. The van der Waals surface area contributed by atoms with E-state index in [0.717, 1.165) is 24.5 Å². The van der Waals surface area contributed by atoms with E-state index in [1.807, 2.05) is 0 Å². The van der Waals surface area contributed by atoms with Gasteiger partial charge in [0.15, 0.2) is 0 Å². The molecule has 0 amide bonds. The lowest BCUT2D eigenvalue weighted by atomic mass is 9.83. The molecule has 0 bridgehead atoms. The molecule has 0 radical (unpaired) electrons. The van der Waals surface area contributed by atoms with Crippen LogP contribution in [0.3, 0.4) is 0 Å². The van der Waals surface area contributed by atoms with E-state index in [0.29, 0.717) is 0 Å². The average Bonchev–Trinajstić information content (AvgIpc) is 2.98. The molecule has 1 aliphatic carbocycles. The summed E-state index contributed by atoms with van der Waals surface area (Å²) >= 11 is 0. The van der Waals surface area contributed by atoms with Crippen molar-refractivity contribution in [2.45, 2.75) is 63.5 Å². The van der Waals surface area contributed by atoms with Crippen LogP contribution >= 0.6 is 0 Å². The van der Waals surface area contributed by atoms with E-state index in [1.165, 1.54) is 77.5 Å². The molecule has 3 heteroatoms. The van der Waals surface area contributed by atoms with Crippen molar-refractivity contribution in [1.82, 2.24) is 9.80 Å². The third kappa shape index (κ3) is 3.14. The summed E-state index contributed by atoms with van der Waals surface area (Å²) in [6.45, 7) is 6.24. The largest absolute Gasteiger partial charge is 0.330 e. The second-order valence-electron chi connectivity index (χ2n) is 6.88. The Kier molecular flexibility index (Phi) is 4.78. The van der Waals surface area contributed by atoms with Gasteiger partial charge in [-0.1, -0.05) is 19.3 Å². The highest BCUT2D eigenvalue weighted by Crippen LogP contribution is 2.31. The normalized spacial score (nSPS) is 38.7. The summed E-state index contributed by atoms with van der Waals surface area (Å²) < 4.78 is 0. The predicted molar refractivity (Wildman–Crippen MR) is 80.2 cm³/mol. The smallest absolute Gasteiger partial charge is 0.0235 e. The Hall–Kier alpha value is -0.120. The van der Waals surface area contributed by atoms with E-state index in [-0.39, 0.29) is 0 Å². The number of nitrogens with zero attached hydrogens (tertiary/aromatic N) is 2. The van der Waals surface area contributed by atoms with Gasteiger partial charge in [0.2, 0.25) is 0 Å². The molecular weight excluding hydrogens is 234 g/mol. The molecule has 19 heavy (non-hydrogen) atoms. The van der Waals surface area contributed by atoms with Crippen LogP contribution in [0.4, 0.5) is 0 Å². The molecule has 3 rings (SSSR count). The van der Waals surface area contributed by atoms with Crippen LogP contribution in [0.15, 0.2) is 0 Å².